The zero-order valence-corrected chi connectivity index (χ0v) is 12.8. The van der Waals surface area contributed by atoms with Crippen molar-refractivity contribution in [2.75, 3.05) is 14.2 Å². The molecule has 0 aliphatic heterocycles. The fraction of sp³-hybridized carbons (Fsp3) is 0.714. The van der Waals surface area contributed by atoms with E-state index >= 15 is 0 Å². The van der Waals surface area contributed by atoms with Crippen LogP contribution in [0.4, 0.5) is 0 Å². The number of nitriles is 2. The molecule has 0 radical (unpaired) electrons. The normalized spacial score (nSPS) is 12.9. The number of nitrogens with zero attached hydrogens (tertiary/aromatic N) is 4. The van der Waals surface area contributed by atoms with E-state index in [0.717, 1.165) is 0 Å². The second kappa shape index (κ2) is 12.3. The lowest BCUT2D eigenvalue weighted by atomic mass is 10.1. The molecule has 2 atom stereocenters. The number of ether oxygens (including phenoxy) is 2. The van der Waals surface area contributed by atoms with E-state index in [4.69, 9.17) is 10.5 Å². The predicted octanol–water partition coefficient (Wildman–Crippen LogP) is 1.91. The van der Waals surface area contributed by atoms with Crippen LogP contribution < -0.4 is 0 Å². The molecule has 8 heteroatoms. The lowest BCUT2D eigenvalue weighted by Gasteiger charge is -2.11. The number of hydrogen-bond acceptors (Lipinski definition) is 8. The van der Waals surface area contributed by atoms with Gasteiger partial charge in [-0.2, -0.15) is 20.8 Å². The fourth-order valence-electron chi connectivity index (χ4n) is 1.60. The smallest absolute Gasteiger partial charge is 0.307 e. The Kier molecular flexibility index (Phi) is 10.9. The van der Waals surface area contributed by atoms with Gasteiger partial charge in [0.25, 0.3) is 0 Å². The number of methoxy groups -OCH3 is 2. The Morgan fingerprint density at radius 1 is 0.909 bits per heavy atom. The second-order valence-electron chi connectivity index (χ2n) is 4.49. The summed E-state index contributed by atoms with van der Waals surface area (Å²) in [7, 11) is 2.54. The maximum atomic E-state index is 11.3. The maximum absolute atomic E-state index is 11.3. The number of hydrogen-bond donors (Lipinski definition) is 0. The number of carbonyl (C=O) groups is 2. The van der Waals surface area contributed by atoms with Gasteiger partial charge in [0.05, 0.1) is 51.3 Å². The third-order valence-electron chi connectivity index (χ3n) is 2.83. The van der Waals surface area contributed by atoms with Gasteiger partial charge in [-0.15, -0.1) is 0 Å². The molecule has 0 N–H and O–H groups in total. The highest BCUT2D eigenvalue weighted by Crippen LogP contribution is 2.13. The number of azo groups is 1. The Hall–Kier alpha value is -2.48. The maximum Gasteiger partial charge on any atom is 0.307 e. The molecule has 0 aliphatic rings. The summed E-state index contributed by atoms with van der Waals surface area (Å²) < 4.78 is 9.15. The Balaban J connectivity index is 4.78. The molecule has 0 aromatic carbocycles. The highest BCUT2D eigenvalue weighted by molar-refractivity contribution is 5.70. The largest absolute Gasteiger partial charge is 0.469 e. The molecule has 0 heterocycles. The monoisotopic (exact) mass is 308 g/mol. The molecule has 0 aromatic heterocycles. The van der Waals surface area contributed by atoms with Gasteiger partial charge in [0.15, 0.2) is 0 Å². The minimum absolute atomic E-state index is 0.0187. The number of esters is 2. The summed E-state index contributed by atoms with van der Waals surface area (Å²) in [4.78, 5) is 22.6. The first-order valence-electron chi connectivity index (χ1n) is 6.84. The van der Waals surface area contributed by atoms with Crippen molar-refractivity contribution < 1.29 is 19.1 Å². The van der Waals surface area contributed by atoms with Crippen molar-refractivity contribution in [1.82, 2.24) is 0 Å². The van der Waals surface area contributed by atoms with Crippen LogP contribution in [0.5, 0.6) is 0 Å². The average molecular weight is 308 g/mol. The van der Waals surface area contributed by atoms with Crippen molar-refractivity contribution in [2.45, 2.75) is 50.6 Å². The van der Waals surface area contributed by atoms with Crippen LogP contribution in [0.15, 0.2) is 10.2 Å². The van der Waals surface area contributed by atoms with Crippen molar-refractivity contribution in [3.63, 3.8) is 0 Å². The number of rotatable bonds is 10. The standard InChI is InChI=1S/C14H20N4O4/c1-21-13(19)9-11(5-3-7-15)17-18-12(6-4-8-16)10-14(20)22-2/h11-12H,3-6,9-10H2,1-2H3. The SMILES string of the molecule is COC(=O)CC(CCC#N)N=NC(CCC#N)CC(=O)OC. The summed E-state index contributed by atoms with van der Waals surface area (Å²) in [5, 5.41) is 25.3. The van der Waals surface area contributed by atoms with E-state index in [1.165, 1.54) is 14.2 Å². The van der Waals surface area contributed by atoms with Crippen molar-refractivity contribution in [1.29, 1.82) is 10.5 Å². The first kappa shape index (κ1) is 19.5. The van der Waals surface area contributed by atoms with Crippen LogP contribution in [0.25, 0.3) is 0 Å². The molecule has 22 heavy (non-hydrogen) atoms. The van der Waals surface area contributed by atoms with Gasteiger partial charge >= 0.3 is 11.9 Å². The summed E-state index contributed by atoms with van der Waals surface area (Å²) in [6, 6.07) is 3.01. The van der Waals surface area contributed by atoms with Gasteiger partial charge in [0.2, 0.25) is 0 Å². The van der Waals surface area contributed by atoms with E-state index in [2.05, 4.69) is 19.7 Å². The molecule has 0 aromatic rings. The highest BCUT2D eigenvalue weighted by Gasteiger charge is 2.17. The molecule has 8 nitrogen and oxygen atoms in total. The second-order valence-corrected chi connectivity index (χ2v) is 4.49. The lowest BCUT2D eigenvalue weighted by Crippen LogP contribution is -2.16. The predicted molar refractivity (Wildman–Crippen MR) is 75.4 cm³/mol. The summed E-state index contributed by atoms with van der Waals surface area (Å²) >= 11 is 0. The van der Waals surface area contributed by atoms with Crippen LogP contribution in [-0.4, -0.2) is 38.2 Å². The van der Waals surface area contributed by atoms with Crippen LogP contribution in [0.2, 0.25) is 0 Å². The Morgan fingerprint density at radius 2 is 1.27 bits per heavy atom. The Morgan fingerprint density at radius 3 is 1.55 bits per heavy atom. The molecule has 0 aliphatic carbocycles. The summed E-state index contributed by atoms with van der Waals surface area (Å²) in [6.45, 7) is 0. The van der Waals surface area contributed by atoms with Gasteiger partial charge < -0.3 is 9.47 Å². The Bertz CT molecular complexity index is 422. The van der Waals surface area contributed by atoms with Crippen molar-refractivity contribution in [3.05, 3.63) is 0 Å². The molecule has 0 saturated heterocycles. The molecule has 2 unspecified atom stereocenters. The molecular weight excluding hydrogens is 288 g/mol. The third-order valence-corrected chi connectivity index (χ3v) is 2.83. The van der Waals surface area contributed by atoms with Crippen LogP contribution in [0.1, 0.15) is 38.5 Å². The lowest BCUT2D eigenvalue weighted by molar-refractivity contribution is -0.142. The minimum Gasteiger partial charge on any atom is -0.469 e. The van der Waals surface area contributed by atoms with E-state index in [0.29, 0.717) is 12.8 Å². The summed E-state index contributed by atoms with van der Waals surface area (Å²) in [6.07, 6.45) is 1.26. The van der Waals surface area contributed by atoms with Gasteiger partial charge in [-0.3, -0.25) is 9.59 Å². The first-order chi connectivity index (χ1) is 10.6. The minimum atomic E-state index is -0.477. The van der Waals surface area contributed by atoms with Gasteiger partial charge in [0.1, 0.15) is 0 Å². The molecular formula is C14H20N4O4. The molecule has 0 saturated carbocycles. The van der Waals surface area contributed by atoms with Gasteiger partial charge in [0, 0.05) is 12.8 Å². The van der Waals surface area contributed by atoms with E-state index in [9.17, 15) is 9.59 Å². The van der Waals surface area contributed by atoms with Crippen molar-refractivity contribution in [3.8, 4) is 12.1 Å². The molecule has 120 valence electrons. The summed E-state index contributed by atoms with van der Waals surface area (Å²) in [5.41, 5.74) is 0. The summed E-state index contributed by atoms with van der Waals surface area (Å²) in [5.74, 6) is -0.883. The van der Waals surface area contributed by atoms with E-state index in [1.807, 2.05) is 12.1 Å². The van der Waals surface area contributed by atoms with E-state index in [1.54, 1.807) is 0 Å². The van der Waals surface area contributed by atoms with Crippen molar-refractivity contribution in [2.24, 2.45) is 10.2 Å². The van der Waals surface area contributed by atoms with Crippen LogP contribution in [-0.2, 0) is 19.1 Å². The molecule has 0 spiro atoms. The number of carbonyl (C=O) groups excluding carboxylic acids is 2. The van der Waals surface area contributed by atoms with Gasteiger partial charge in [-0.05, 0) is 12.8 Å². The zero-order chi connectivity index (χ0) is 16.8. The fourth-order valence-corrected chi connectivity index (χ4v) is 1.60. The molecule has 0 bridgehead atoms. The molecule has 0 fully saturated rings. The zero-order valence-electron chi connectivity index (χ0n) is 12.8. The Labute approximate surface area is 129 Å². The first-order valence-corrected chi connectivity index (χ1v) is 6.84. The van der Waals surface area contributed by atoms with E-state index < -0.39 is 24.0 Å². The van der Waals surface area contributed by atoms with Crippen LogP contribution in [0.3, 0.4) is 0 Å². The highest BCUT2D eigenvalue weighted by atomic mass is 16.5. The van der Waals surface area contributed by atoms with Gasteiger partial charge in [-0.25, -0.2) is 0 Å². The van der Waals surface area contributed by atoms with E-state index in [-0.39, 0.29) is 25.7 Å². The van der Waals surface area contributed by atoms with Crippen LogP contribution in [0, 0.1) is 22.7 Å². The topological polar surface area (TPSA) is 125 Å². The average Bonchev–Trinajstić information content (AvgIpc) is 2.53. The van der Waals surface area contributed by atoms with Crippen molar-refractivity contribution >= 4 is 11.9 Å². The molecule has 0 rings (SSSR count). The third kappa shape index (κ3) is 9.43. The van der Waals surface area contributed by atoms with Crippen LogP contribution >= 0.6 is 0 Å². The van der Waals surface area contributed by atoms with Gasteiger partial charge in [-0.1, -0.05) is 0 Å². The quantitative estimate of drug-likeness (QED) is 0.448. The molecule has 0 amide bonds.